The van der Waals surface area contributed by atoms with Gasteiger partial charge in [-0.2, -0.15) is 10.2 Å². The maximum absolute atomic E-state index is 12.7. The van der Waals surface area contributed by atoms with Gasteiger partial charge in [-0.3, -0.25) is 14.3 Å². The molecule has 0 unspecified atom stereocenters. The van der Waals surface area contributed by atoms with Crippen LogP contribution in [-0.4, -0.2) is 37.9 Å². The van der Waals surface area contributed by atoms with Gasteiger partial charge in [0.25, 0.3) is 11.8 Å². The number of nitrogens with zero attached hydrogens (tertiary/aromatic N) is 4. The molecule has 9 nitrogen and oxygen atoms in total. The largest absolute Gasteiger partial charge is 0.468 e. The summed E-state index contributed by atoms with van der Waals surface area (Å²) in [7, 11) is 0. The van der Waals surface area contributed by atoms with Crippen LogP contribution < -0.4 is 15.4 Å². The van der Waals surface area contributed by atoms with Crippen LogP contribution >= 0.6 is 23.2 Å². The van der Waals surface area contributed by atoms with E-state index in [1.165, 1.54) is 10.7 Å². The molecule has 0 saturated carbocycles. The first kappa shape index (κ1) is 22.6. The lowest BCUT2D eigenvalue weighted by atomic mass is 10.3. The van der Waals surface area contributed by atoms with E-state index in [0.29, 0.717) is 34.6 Å². The zero-order valence-electron chi connectivity index (χ0n) is 17.1. The van der Waals surface area contributed by atoms with E-state index in [0.717, 1.165) is 6.42 Å². The molecule has 0 aliphatic heterocycles. The minimum Gasteiger partial charge on any atom is -0.468 e. The van der Waals surface area contributed by atoms with Gasteiger partial charge in [-0.1, -0.05) is 36.2 Å². The number of benzene rings is 1. The number of aromatic nitrogens is 4. The molecule has 0 radical (unpaired) electrons. The number of hydrogen-bond acceptors (Lipinski definition) is 5. The maximum atomic E-state index is 12.7. The lowest BCUT2D eigenvalue weighted by Gasteiger charge is -2.09. The topological polar surface area (TPSA) is 103 Å². The molecule has 0 atom stereocenters. The summed E-state index contributed by atoms with van der Waals surface area (Å²) in [6.45, 7) is 4.92. The van der Waals surface area contributed by atoms with Gasteiger partial charge in [0.05, 0.1) is 15.7 Å². The Morgan fingerprint density at radius 1 is 1.06 bits per heavy atom. The zero-order valence-corrected chi connectivity index (χ0v) is 18.6. The van der Waals surface area contributed by atoms with Crippen LogP contribution in [0.5, 0.6) is 5.75 Å². The maximum Gasteiger partial charge on any atom is 0.276 e. The van der Waals surface area contributed by atoms with Crippen LogP contribution in [-0.2, 0) is 13.3 Å². The Labute approximate surface area is 189 Å². The van der Waals surface area contributed by atoms with Crippen LogP contribution in [0, 0.1) is 0 Å². The van der Waals surface area contributed by atoms with Gasteiger partial charge in [0.15, 0.2) is 23.9 Å². The molecule has 0 saturated heterocycles. The molecule has 11 heteroatoms. The molecule has 0 bridgehead atoms. The Morgan fingerprint density at radius 2 is 1.81 bits per heavy atom. The van der Waals surface area contributed by atoms with Crippen LogP contribution in [0.1, 0.15) is 41.2 Å². The molecule has 2 N–H and O–H groups in total. The average Bonchev–Trinajstić information content (AvgIpc) is 3.39. The number of ether oxygens (including phenoxy) is 1. The normalized spacial score (nSPS) is 10.7. The van der Waals surface area contributed by atoms with Gasteiger partial charge in [-0.15, -0.1) is 0 Å². The van der Waals surface area contributed by atoms with Gasteiger partial charge < -0.3 is 15.4 Å². The molecular weight excluding hydrogens is 443 g/mol. The van der Waals surface area contributed by atoms with Crippen molar-refractivity contribution in [1.82, 2.24) is 24.9 Å². The summed E-state index contributed by atoms with van der Waals surface area (Å²) < 4.78 is 8.62. The molecule has 2 amide bonds. The van der Waals surface area contributed by atoms with Crippen LogP contribution in [0.4, 0.5) is 5.69 Å². The van der Waals surface area contributed by atoms with Gasteiger partial charge >= 0.3 is 0 Å². The highest BCUT2D eigenvalue weighted by Gasteiger charge is 2.20. The highest BCUT2D eigenvalue weighted by Crippen LogP contribution is 2.32. The second-order valence-corrected chi connectivity index (χ2v) is 7.34. The standard InChI is InChI=1S/C20H22Cl2N6O3/c1-3-9-23-20(30)17-16(11-27(4-2)26-17)24-19(29)15-8-10-28(25-15)12-31-18-13(21)6-5-7-14(18)22/h5-8,10-11H,3-4,9,12H2,1-2H3,(H,23,30)(H,24,29). The number of halogens is 2. The molecule has 1 aromatic carbocycles. The van der Waals surface area contributed by atoms with E-state index >= 15 is 0 Å². The number of carbonyl (C=O) groups excluding carboxylic acids is 2. The summed E-state index contributed by atoms with van der Waals surface area (Å²) in [4.78, 5) is 25.0. The molecule has 31 heavy (non-hydrogen) atoms. The SMILES string of the molecule is CCCNC(=O)c1nn(CC)cc1NC(=O)c1ccn(COc2c(Cl)cccc2Cl)n1. The third kappa shape index (κ3) is 5.56. The molecule has 2 heterocycles. The van der Waals surface area contributed by atoms with E-state index in [1.54, 1.807) is 35.3 Å². The Morgan fingerprint density at radius 3 is 2.48 bits per heavy atom. The summed E-state index contributed by atoms with van der Waals surface area (Å²) in [6.07, 6.45) is 3.99. The fraction of sp³-hybridized carbons (Fsp3) is 0.300. The van der Waals surface area contributed by atoms with E-state index in [4.69, 9.17) is 27.9 Å². The van der Waals surface area contributed by atoms with Crippen LogP contribution in [0.3, 0.4) is 0 Å². The van der Waals surface area contributed by atoms with Crippen molar-refractivity contribution in [3.63, 3.8) is 0 Å². The van der Waals surface area contributed by atoms with E-state index in [1.807, 2.05) is 13.8 Å². The molecular formula is C20H22Cl2N6O3. The van der Waals surface area contributed by atoms with Crippen molar-refractivity contribution >= 4 is 40.7 Å². The number of hydrogen-bond donors (Lipinski definition) is 2. The molecule has 3 aromatic rings. The van der Waals surface area contributed by atoms with Crippen molar-refractivity contribution in [2.24, 2.45) is 0 Å². The molecule has 3 rings (SSSR count). The Kier molecular flexibility index (Phi) is 7.54. The van der Waals surface area contributed by atoms with Gasteiger partial charge in [0.2, 0.25) is 0 Å². The van der Waals surface area contributed by atoms with E-state index in [2.05, 4.69) is 20.8 Å². The molecule has 0 spiro atoms. The van der Waals surface area contributed by atoms with Crippen molar-refractivity contribution in [1.29, 1.82) is 0 Å². The number of nitrogens with one attached hydrogen (secondary N) is 2. The number of anilines is 1. The van der Waals surface area contributed by atoms with Crippen molar-refractivity contribution in [2.75, 3.05) is 11.9 Å². The van der Waals surface area contributed by atoms with Gasteiger partial charge in [0, 0.05) is 25.5 Å². The predicted octanol–water partition coefficient (Wildman–Crippen LogP) is 3.83. The monoisotopic (exact) mass is 464 g/mol. The summed E-state index contributed by atoms with van der Waals surface area (Å²) in [5, 5.41) is 14.6. The fourth-order valence-electron chi connectivity index (χ4n) is 2.66. The van der Waals surface area contributed by atoms with Crippen LogP contribution in [0.15, 0.2) is 36.7 Å². The minimum absolute atomic E-state index is 0.00910. The highest BCUT2D eigenvalue weighted by atomic mass is 35.5. The number of amides is 2. The molecule has 0 fully saturated rings. The highest BCUT2D eigenvalue weighted by molar-refractivity contribution is 6.37. The second-order valence-electron chi connectivity index (χ2n) is 6.52. The van der Waals surface area contributed by atoms with Crippen molar-refractivity contribution in [3.8, 4) is 5.75 Å². The van der Waals surface area contributed by atoms with Crippen molar-refractivity contribution in [2.45, 2.75) is 33.5 Å². The third-order valence-electron chi connectivity index (χ3n) is 4.22. The smallest absolute Gasteiger partial charge is 0.276 e. The van der Waals surface area contributed by atoms with Crippen molar-refractivity contribution in [3.05, 3.63) is 58.1 Å². The van der Waals surface area contributed by atoms with E-state index in [9.17, 15) is 9.59 Å². The fourth-order valence-corrected chi connectivity index (χ4v) is 3.16. The lowest BCUT2D eigenvalue weighted by Crippen LogP contribution is -2.26. The summed E-state index contributed by atoms with van der Waals surface area (Å²) in [5.41, 5.74) is 0.617. The van der Waals surface area contributed by atoms with Gasteiger partial charge in [-0.25, -0.2) is 4.68 Å². The van der Waals surface area contributed by atoms with Gasteiger partial charge in [0.1, 0.15) is 0 Å². The minimum atomic E-state index is -0.477. The quantitative estimate of drug-likeness (QED) is 0.500. The van der Waals surface area contributed by atoms with E-state index in [-0.39, 0.29) is 24.0 Å². The van der Waals surface area contributed by atoms with Crippen LogP contribution in [0.25, 0.3) is 0 Å². The summed E-state index contributed by atoms with van der Waals surface area (Å²) >= 11 is 12.2. The zero-order chi connectivity index (χ0) is 22.4. The third-order valence-corrected chi connectivity index (χ3v) is 4.81. The summed E-state index contributed by atoms with van der Waals surface area (Å²) in [5.74, 6) is -0.489. The number of aryl methyl sites for hydroxylation is 1. The number of rotatable bonds is 9. The number of para-hydroxylation sites is 1. The second kappa shape index (κ2) is 10.3. The lowest BCUT2D eigenvalue weighted by molar-refractivity contribution is 0.0948. The van der Waals surface area contributed by atoms with Crippen LogP contribution in [0.2, 0.25) is 10.0 Å². The Hall–Kier alpha value is -3.04. The molecule has 2 aromatic heterocycles. The molecule has 0 aliphatic carbocycles. The Bertz CT molecular complexity index is 1060. The first-order valence-electron chi connectivity index (χ1n) is 9.70. The first-order chi connectivity index (χ1) is 14.9. The molecule has 0 aliphatic rings. The van der Waals surface area contributed by atoms with Gasteiger partial charge in [-0.05, 0) is 31.5 Å². The number of carbonyl (C=O) groups is 2. The molecule has 164 valence electrons. The predicted molar refractivity (Wildman–Crippen MR) is 118 cm³/mol. The average molecular weight is 465 g/mol. The summed E-state index contributed by atoms with van der Waals surface area (Å²) in [6, 6.07) is 6.57. The Balaban J connectivity index is 1.69. The van der Waals surface area contributed by atoms with Crippen molar-refractivity contribution < 1.29 is 14.3 Å². The van der Waals surface area contributed by atoms with E-state index < -0.39 is 5.91 Å². The first-order valence-corrected chi connectivity index (χ1v) is 10.5.